The first-order chi connectivity index (χ1) is 7.77. The molecule has 0 bridgehead atoms. The van der Waals surface area contributed by atoms with E-state index in [-0.39, 0.29) is 24.2 Å². The Kier molecular flexibility index (Phi) is 3.43. The highest BCUT2D eigenvalue weighted by Crippen LogP contribution is 2.08. The molecular weight excluding hydrogens is 210 g/mol. The molecule has 0 aliphatic carbocycles. The molecule has 2 N–H and O–H groups in total. The maximum atomic E-state index is 11.7. The zero-order chi connectivity index (χ0) is 11.4. The molecule has 1 amide bonds. The van der Waals surface area contributed by atoms with Crippen molar-refractivity contribution < 1.29 is 14.6 Å². The number of nitrogens with zero attached hydrogens (tertiary/aromatic N) is 2. The highest BCUT2D eigenvalue weighted by molar-refractivity contribution is 5.92. The van der Waals surface area contributed by atoms with Crippen LogP contribution < -0.4 is 5.32 Å². The molecule has 86 valence electrons. The van der Waals surface area contributed by atoms with Crippen LogP contribution in [0.15, 0.2) is 18.6 Å². The van der Waals surface area contributed by atoms with Gasteiger partial charge in [0.15, 0.2) is 0 Å². The number of aliphatic hydroxyl groups excluding tert-OH is 1. The van der Waals surface area contributed by atoms with Gasteiger partial charge in [0.1, 0.15) is 5.69 Å². The first kappa shape index (κ1) is 11.0. The van der Waals surface area contributed by atoms with Crippen molar-refractivity contribution >= 4 is 5.91 Å². The first-order valence-electron chi connectivity index (χ1n) is 5.10. The van der Waals surface area contributed by atoms with E-state index in [2.05, 4.69) is 15.3 Å². The van der Waals surface area contributed by atoms with E-state index in [0.717, 1.165) is 0 Å². The lowest BCUT2D eigenvalue weighted by molar-refractivity contribution is -0.0261. The molecule has 2 atom stereocenters. The summed E-state index contributed by atoms with van der Waals surface area (Å²) < 4.78 is 5.07. The van der Waals surface area contributed by atoms with Gasteiger partial charge < -0.3 is 15.2 Å². The molecule has 0 aromatic carbocycles. The monoisotopic (exact) mass is 223 g/mol. The average Bonchev–Trinajstić information content (AvgIpc) is 2.33. The lowest BCUT2D eigenvalue weighted by Gasteiger charge is -2.28. The number of carbonyl (C=O) groups is 1. The lowest BCUT2D eigenvalue weighted by atomic mass is 10.1. The first-order valence-corrected chi connectivity index (χ1v) is 5.10. The minimum atomic E-state index is -0.658. The van der Waals surface area contributed by atoms with Crippen LogP contribution in [0, 0.1) is 0 Å². The number of nitrogens with one attached hydrogen (secondary N) is 1. The molecule has 2 rings (SSSR count). The Bertz CT molecular complexity index is 358. The standard InChI is InChI=1S/C10H13N3O3/c14-9-6-16-4-1-7(9)13-10(15)8-5-11-2-3-12-8/h2-3,5,7,9,14H,1,4,6H2,(H,13,15)/t7-,9-/m1/s1. The van der Waals surface area contributed by atoms with E-state index < -0.39 is 6.10 Å². The van der Waals surface area contributed by atoms with Gasteiger partial charge in [0.2, 0.25) is 0 Å². The van der Waals surface area contributed by atoms with E-state index in [0.29, 0.717) is 13.0 Å². The molecule has 1 aromatic heterocycles. The Hall–Kier alpha value is -1.53. The molecule has 1 aliphatic heterocycles. The highest BCUT2D eigenvalue weighted by atomic mass is 16.5. The van der Waals surface area contributed by atoms with Crippen molar-refractivity contribution in [1.82, 2.24) is 15.3 Å². The van der Waals surface area contributed by atoms with Crippen LogP contribution in [-0.2, 0) is 4.74 Å². The highest BCUT2D eigenvalue weighted by Gasteiger charge is 2.25. The maximum absolute atomic E-state index is 11.7. The second-order valence-electron chi connectivity index (χ2n) is 3.60. The van der Waals surface area contributed by atoms with Crippen molar-refractivity contribution in [3.63, 3.8) is 0 Å². The van der Waals surface area contributed by atoms with Crippen molar-refractivity contribution in [2.75, 3.05) is 13.2 Å². The molecule has 1 aliphatic rings. The number of aliphatic hydroxyl groups is 1. The largest absolute Gasteiger partial charge is 0.389 e. The number of carbonyl (C=O) groups excluding carboxylic acids is 1. The quantitative estimate of drug-likeness (QED) is 0.696. The van der Waals surface area contributed by atoms with Gasteiger partial charge in [-0.15, -0.1) is 0 Å². The summed E-state index contributed by atoms with van der Waals surface area (Å²) in [4.78, 5) is 19.4. The van der Waals surface area contributed by atoms with Crippen LogP contribution in [0.25, 0.3) is 0 Å². The van der Waals surface area contributed by atoms with Gasteiger partial charge in [-0.3, -0.25) is 9.78 Å². The summed E-state index contributed by atoms with van der Waals surface area (Å²) >= 11 is 0. The number of aromatic nitrogens is 2. The van der Waals surface area contributed by atoms with Gasteiger partial charge in [-0.1, -0.05) is 0 Å². The van der Waals surface area contributed by atoms with Gasteiger partial charge in [0, 0.05) is 19.0 Å². The average molecular weight is 223 g/mol. The van der Waals surface area contributed by atoms with Crippen LogP contribution in [0.4, 0.5) is 0 Å². The van der Waals surface area contributed by atoms with Gasteiger partial charge in [0.25, 0.3) is 5.91 Å². The Labute approximate surface area is 92.7 Å². The molecule has 0 spiro atoms. The van der Waals surface area contributed by atoms with Crippen molar-refractivity contribution in [1.29, 1.82) is 0 Å². The zero-order valence-electron chi connectivity index (χ0n) is 8.67. The van der Waals surface area contributed by atoms with Crippen molar-refractivity contribution in [3.05, 3.63) is 24.3 Å². The minimum absolute atomic E-state index is 0.251. The summed E-state index contributed by atoms with van der Waals surface area (Å²) in [5.41, 5.74) is 0.251. The smallest absolute Gasteiger partial charge is 0.271 e. The van der Waals surface area contributed by atoms with E-state index in [1.54, 1.807) is 0 Å². The summed E-state index contributed by atoms with van der Waals surface area (Å²) in [7, 11) is 0. The van der Waals surface area contributed by atoms with Crippen molar-refractivity contribution in [2.24, 2.45) is 0 Å². The third kappa shape index (κ3) is 2.53. The van der Waals surface area contributed by atoms with Crippen molar-refractivity contribution in [3.8, 4) is 0 Å². The van der Waals surface area contributed by atoms with E-state index in [1.807, 2.05) is 0 Å². The Morgan fingerprint density at radius 1 is 1.56 bits per heavy atom. The van der Waals surface area contributed by atoms with Gasteiger partial charge in [-0.2, -0.15) is 0 Å². The third-order valence-corrected chi connectivity index (χ3v) is 2.44. The zero-order valence-corrected chi connectivity index (χ0v) is 8.67. The summed E-state index contributed by atoms with van der Waals surface area (Å²) in [5.74, 6) is -0.320. The summed E-state index contributed by atoms with van der Waals surface area (Å²) in [6, 6.07) is -0.275. The van der Waals surface area contributed by atoms with Gasteiger partial charge in [0.05, 0.1) is 24.9 Å². The van der Waals surface area contributed by atoms with E-state index >= 15 is 0 Å². The number of rotatable bonds is 2. The van der Waals surface area contributed by atoms with Gasteiger partial charge >= 0.3 is 0 Å². The number of amides is 1. The number of hydrogen-bond acceptors (Lipinski definition) is 5. The topological polar surface area (TPSA) is 84.3 Å². The van der Waals surface area contributed by atoms with Crippen molar-refractivity contribution in [2.45, 2.75) is 18.6 Å². The molecule has 0 saturated carbocycles. The van der Waals surface area contributed by atoms with E-state index in [1.165, 1.54) is 18.6 Å². The van der Waals surface area contributed by atoms with Crippen LogP contribution in [0.3, 0.4) is 0 Å². The fourth-order valence-electron chi connectivity index (χ4n) is 1.55. The maximum Gasteiger partial charge on any atom is 0.271 e. The van der Waals surface area contributed by atoms with Crippen LogP contribution in [0.1, 0.15) is 16.9 Å². The van der Waals surface area contributed by atoms with Gasteiger partial charge in [-0.05, 0) is 6.42 Å². The van der Waals surface area contributed by atoms with E-state index in [4.69, 9.17) is 4.74 Å². The summed E-state index contributed by atoms with van der Waals surface area (Å²) in [6.07, 6.45) is 4.29. The molecule has 1 fully saturated rings. The predicted octanol–water partition coefficient (Wildman–Crippen LogP) is -0.644. The summed E-state index contributed by atoms with van der Waals surface area (Å²) in [6.45, 7) is 0.799. The Morgan fingerprint density at radius 3 is 3.12 bits per heavy atom. The lowest BCUT2D eigenvalue weighted by Crippen LogP contribution is -2.48. The normalized spacial score (nSPS) is 25.1. The second kappa shape index (κ2) is 5.00. The van der Waals surface area contributed by atoms with E-state index in [9.17, 15) is 9.90 Å². The fourth-order valence-corrected chi connectivity index (χ4v) is 1.55. The molecule has 1 aromatic rings. The Balaban J connectivity index is 1.96. The van der Waals surface area contributed by atoms with Crippen LogP contribution in [0.5, 0.6) is 0 Å². The SMILES string of the molecule is O=C(N[C@@H]1CCOC[C@H]1O)c1cnccn1. The minimum Gasteiger partial charge on any atom is -0.389 e. The summed E-state index contributed by atoms with van der Waals surface area (Å²) in [5, 5.41) is 12.3. The molecule has 0 radical (unpaired) electrons. The number of hydrogen-bond donors (Lipinski definition) is 2. The molecule has 1 saturated heterocycles. The fraction of sp³-hybridized carbons (Fsp3) is 0.500. The van der Waals surface area contributed by atoms with Crippen LogP contribution in [-0.4, -0.2) is 46.3 Å². The Morgan fingerprint density at radius 2 is 2.44 bits per heavy atom. The molecular formula is C10H13N3O3. The third-order valence-electron chi connectivity index (χ3n) is 2.44. The molecule has 6 heteroatoms. The molecule has 16 heavy (non-hydrogen) atoms. The predicted molar refractivity (Wildman–Crippen MR) is 54.7 cm³/mol. The number of ether oxygens (including phenoxy) is 1. The molecule has 0 unspecified atom stereocenters. The van der Waals surface area contributed by atoms with Crippen LogP contribution in [0.2, 0.25) is 0 Å². The molecule has 6 nitrogen and oxygen atoms in total. The second-order valence-corrected chi connectivity index (χ2v) is 3.60. The van der Waals surface area contributed by atoms with Crippen LogP contribution >= 0.6 is 0 Å². The van der Waals surface area contributed by atoms with Gasteiger partial charge in [-0.25, -0.2) is 4.98 Å². The molecule has 2 heterocycles.